The number of pyridine rings is 1. The van der Waals surface area contributed by atoms with E-state index < -0.39 is 0 Å². The number of aromatic nitrogens is 3. The molecule has 0 spiro atoms. The highest BCUT2D eigenvalue weighted by Gasteiger charge is 2.23. The smallest absolute Gasteiger partial charge is 0.273 e. The first-order valence-electron chi connectivity index (χ1n) is 12.4. The maximum absolute atomic E-state index is 12.7. The third kappa shape index (κ3) is 4.73. The molecule has 1 saturated carbocycles. The number of nitrogens with one attached hydrogen (secondary N) is 2. The van der Waals surface area contributed by atoms with Gasteiger partial charge in [-0.1, -0.05) is 13.8 Å². The molecule has 35 heavy (non-hydrogen) atoms. The van der Waals surface area contributed by atoms with E-state index in [1.54, 1.807) is 0 Å². The zero-order chi connectivity index (χ0) is 24.7. The number of carbonyl (C=O) groups excluding carboxylic acids is 1. The minimum atomic E-state index is -0.197. The molecule has 0 unspecified atom stereocenters. The summed E-state index contributed by atoms with van der Waals surface area (Å²) < 4.78 is 5.74. The van der Waals surface area contributed by atoms with Gasteiger partial charge >= 0.3 is 0 Å². The fourth-order valence-electron chi connectivity index (χ4n) is 5.19. The Morgan fingerprint density at radius 2 is 1.77 bits per heavy atom. The van der Waals surface area contributed by atoms with Crippen LogP contribution in [0.5, 0.6) is 0 Å². The number of benzene rings is 1. The molecule has 1 aromatic carbocycles. The average Bonchev–Trinajstić information content (AvgIpc) is 3.45. The van der Waals surface area contributed by atoms with Gasteiger partial charge in [0.2, 0.25) is 5.89 Å². The maximum Gasteiger partial charge on any atom is 0.273 e. The van der Waals surface area contributed by atoms with Crippen molar-refractivity contribution >= 4 is 16.8 Å². The SMILES string of the molecule is Cc1cc(-c2[nH]c3ccc(-c4nc(C(=O)NC5CCC(N)CC5)co4)cc3c2C(C)C)cc(C)n1. The Kier molecular flexibility index (Phi) is 6.19. The summed E-state index contributed by atoms with van der Waals surface area (Å²) in [7, 11) is 0. The van der Waals surface area contributed by atoms with Gasteiger partial charge in [-0.3, -0.25) is 9.78 Å². The van der Waals surface area contributed by atoms with Crippen LogP contribution in [0.2, 0.25) is 0 Å². The van der Waals surface area contributed by atoms with E-state index in [4.69, 9.17) is 10.2 Å². The van der Waals surface area contributed by atoms with E-state index in [-0.39, 0.29) is 18.0 Å². The number of nitrogens with zero attached hydrogens (tertiary/aromatic N) is 2. The second kappa shape index (κ2) is 9.30. The van der Waals surface area contributed by atoms with E-state index in [1.165, 1.54) is 11.8 Å². The summed E-state index contributed by atoms with van der Waals surface area (Å²) in [5, 5.41) is 4.20. The summed E-state index contributed by atoms with van der Waals surface area (Å²) in [6.07, 6.45) is 5.12. The summed E-state index contributed by atoms with van der Waals surface area (Å²) in [6.45, 7) is 8.44. The van der Waals surface area contributed by atoms with Gasteiger partial charge in [-0.2, -0.15) is 0 Å². The fraction of sp³-hybridized carbons (Fsp3) is 0.393. The molecule has 1 fully saturated rings. The van der Waals surface area contributed by atoms with E-state index in [2.05, 4.69) is 58.4 Å². The lowest BCUT2D eigenvalue weighted by atomic mass is 9.92. The van der Waals surface area contributed by atoms with Gasteiger partial charge in [-0.15, -0.1) is 0 Å². The van der Waals surface area contributed by atoms with Crippen molar-refractivity contribution in [3.05, 3.63) is 59.2 Å². The highest BCUT2D eigenvalue weighted by molar-refractivity contribution is 5.95. The summed E-state index contributed by atoms with van der Waals surface area (Å²) in [5.74, 6) is 0.546. The van der Waals surface area contributed by atoms with Crippen LogP contribution in [0.15, 0.2) is 41.0 Å². The molecule has 1 amide bonds. The molecule has 4 N–H and O–H groups in total. The molecule has 0 atom stereocenters. The Balaban J connectivity index is 1.45. The number of fused-ring (bicyclic) bond motifs is 1. The molecule has 7 nitrogen and oxygen atoms in total. The summed E-state index contributed by atoms with van der Waals surface area (Å²) in [4.78, 5) is 25.4. The van der Waals surface area contributed by atoms with Crippen molar-refractivity contribution in [2.75, 3.05) is 0 Å². The minimum Gasteiger partial charge on any atom is -0.444 e. The Hall–Kier alpha value is -3.45. The summed E-state index contributed by atoms with van der Waals surface area (Å²) in [5.41, 5.74) is 13.7. The molecule has 0 bridgehead atoms. The molecule has 1 aliphatic carbocycles. The monoisotopic (exact) mass is 471 g/mol. The number of oxazole rings is 1. The van der Waals surface area contributed by atoms with Gasteiger partial charge in [0.15, 0.2) is 5.69 Å². The molecule has 4 aromatic rings. The highest BCUT2D eigenvalue weighted by Crippen LogP contribution is 2.37. The zero-order valence-electron chi connectivity index (χ0n) is 20.8. The standard InChI is InChI=1S/C28H33N5O2/c1-15(2)25-22-13-18(5-10-23(22)32-26(25)19-11-16(3)30-17(4)12-19)28-33-24(14-35-28)27(34)31-21-8-6-20(29)7-9-21/h5,10-15,20-21,32H,6-9,29H2,1-4H3,(H,31,34). The summed E-state index contributed by atoms with van der Waals surface area (Å²) >= 11 is 0. The number of rotatable bonds is 5. The number of aryl methyl sites for hydroxylation is 2. The molecular formula is C28H33N5O2. The van der Waals surface area contributed by atoms with Gasteiger partial charge in [0.05, 0.1) is 5.69 Å². The number of aromatic amines is 1. The Morgan fingerprint density at radius 3 is 2.46 bits per heavy atom. The van der Waals surface area contributed by atoms with E-state index >= 15 is 0 Å². The summed E-state index contributed by atoms with van der Waals surface area (Å²) in [6, 6.07) is 10.7. The molecular weight excluding hydrogens is 438 g/mol. The average molecular weight is 472 g/mol. The van der Waals surface area contributed by atoms with Crippen LogP contribution >= 0.6 is 0 Å². The molecule has 0 aliphatic heterocycles. The van der Waals surface area contributed by atoms with Crippen LogP contribution in [-0.4, -0.2) is 32.9 Å². The van der Waals surface area contributed by atoms with Gasteiger partial charge in [0.25, 0.3) is 5.91 Å². The van der Waals surface area contributed by atoms with E-state index in [0.717, 1.165) is 64.8 Å². The molecule has 7 heteroatoms. The fourth-order valence-corrected chi connectivity index (χ4v) is 5.19. The van der Waals surface area contributed by atoms with Crippen LogP contribution in [0.25, 0.3) is 33.6 Å². The number of amides is 1. The quantitative estimate of drug-likeness (QED) is 0.350. The number of H-pyrrole nitrogens is 1. The van der Waals surface area contributed by atoms with Crippen molar-refractivity contribution in [1.82, 2.24) is 20.3 Å². The van der Waals surface area contributed by atoms with Crippen molar-refractivity contribution in [2.45, 2.75) is 71.4 Å². The Bertz CT molecular complexity index is 1360. The lowest BCUT2D eigenvalue weighted by molar-refractivity contribution is 0.0921. The largest absolute Gasteiger partial charge is 0.444 e. The second-order valence-electron chi connectivity index (χ2n) is 10.1. The first kappa shape index (κ1) is 23.3. The minimum absolute atomic E-state index is 0.145. The van der Waals surface area contributed by atoms with Gasteiger partial charge in [-0.05, 0) is 81.3 Å². The van der Waals surface area contributed by atoms with Crippen LogP contribution in [0, 0.1) is 13.8 Å². The van der Waals surface area contributed by atoms with Crippen LogP contribution in [0.4, 0.5) is 0 Å². The van der Waals surface area contributed by atoms with Gasteiger partial charge < -0.3 is 20.5 Å². The molecule has 3 heterocycles. The van der Waals surface area contributed by atoms with Crippen LogP contribution in [0.1, 0.15) is 72.9 Å². The Morgan fingerprint density at radius 1 is 1.06 bits per heavy atom. The van der Waals surface area contributed by atoms with Gasteiger partial charge in [0, 0.05) is 45.5 Å². The van der Waals surface area contributed by atoms with Gasteiger partial charge in [0.1, 0.15) is 6.26 Å². The van der Waals surface area contributed by atoms with Crippen molar-refractivity contribution in [1.29, 1.82) is 0 Å². The van der Waals surface area contributed by atoms with Crippen molar-refractivity contribution < 1.29 is 9.21 Å². The Labute approximate surface area is 205 Å². The lowest BCUT2D eigenvalue weighted by Crippen LogP contribution is -2.40. The number of carbonyl (C=O) groups is 1. The van der Waals surface area contributed by atoms with E-state index in [1.807, 2.05) is 19.9 Å². The first-order chi connectivity index (χ1) is 16.8. The zero-order valence-corrected chi connectivity index (χ0v) is 20.8. The predicted molar refractivity (Wildman–Crippen MR) is 138 cm³/mol. The van der Waals surface area contributed by atoms with Crippen molar-refractivity contribution in [2.24, 2.45) is 5.73 Å². The third-order valence-corrected chi connectivity index (χ3v) is 6.88. The lowest BCUT2D eigenvalue weighted by Gasteiger charge is -2.26. The molecule has 0 radical (unpaired) electrons. The number of hydrogen-bond acceptors (Lipinski definition) is 5. The van der Waals surface area contributed by atoms with Gasteiger partial charge in [-0.25, -0.2) is 4.98 Å². The molecule has 182 valence electrons. The van der Waals surface area contributed by atoms with Crippen LogP contribution < -0.4 is 11.1 Å². The van der Waals surface area contributed by atoms with Crippen LogP contribution in [0.3, 0.4) is 0 Å². The predicted octanol–water partition coefficient (Wildman–Crippen LogP) is 5.62. The van der Waals surface area contributed by atoms with Crippen LogP contribution in [-0.2, 0) is 0 Å². The molecule has 3 aromatic heterocycles. The highest BCUT2D eigenvalue weighted by atomic mass is 16.3. The normalized spacial score (nSPS) is 18.3. The van der Waals surface area contributed by atoms with E-state index in [0.29, 0.717) is 17.5 Å². The molecule has 1 aliphatic rings. The second-order valence-corrected chi connectivity index (χ2v) is 10.1. The maximum atomic E-state index is 12.7. The van der Waals surface area contributed by atoms with E-state index in [9.17, 15) is 4.79 Å². The molecule has 5 rings (SSSR count). The number of hydrogen-bond donors (Lipinski definition) is 3. The van der Waals surface area contributed by atoms with Crippen molar-refractivity contribution in [3.63, 3.8) is 0 Å². The third-order valence-electron chi connectivity index (χ3n) is 6.88. The number of nitrogens with two attached hydrogens (primary N) is 1. The topological polar surface area (TPSA) is 110 Å². The molecule has 0 saturated heterocycles. The first-order valence-corrected chi connectivity index (χ1v) is 12.4. The van der Waals surface area contributed by atoms with Crippen molar-refractivity contribution in [3.8, 4) is 22.7 Å².